The summed E-state index contributed by atoms with van der Waals surface area (Å²) in [4.78, 5) is 11.1. The maximum atomic E-state index is 11.1. The lowest BCUT2D eigenvalue weighted by Crippen LogP contribution is -2.03. The molecule has 0 aliphatic rings. The Kier molecular flexibility index (Phi) is 8.56. The summed E-state index contributed by atoms with van der Waals surface area (Å²) >= 11 is 0. The van der Waals surface area contributed by atoms with Crippen LogP contribution in [0.2, 0.25) is 0 Å². The third kappa shape index (κ3) is 9.08. The maximum absolute atomic E-state index is 11.1. The van der Waals surface area contributed by atoms with Crippen LogP contribution < -0.4 is 0 Å². The van der Waals surface area contributed by atoms with E-state index in [0.29, 0.717) is 13.0 Å². The first-order valence-corrected chi connectivity index (χ1v) is 5.41. The van der Waals surface area contributed by atoms with Crippen LogP contribution in [0, 0.1) is 11.8 Å². The molecule has 0 radical (unpaired) electrons. The zero-order chi connectivity index (χ0) is 11.5. The fourth-order valence-corrected chi connectivity index (χ4v) is 1.15. The van der Waals surface area contributed by atoms with Crippen LogP contribution in [0.15, 0.2) is 11.6 Å². The van der Waals surface area contributed by atoms with Crippen LogP contribution >= 0.6 is 0 Å². The van der Waals surface area contributed by atoms with E-state index in [1.54, 1.807) is 0 Å². The van der Waals surface area contributed by atoms with Gasteiger partial charge in [-0.2, -0.15) is 0 Å². The molecule has 0 aliphatic heterocycles. The molecule has 0 N–H and O–H groups in total. The highest BCUT2D eigenvalue weighted by Crippen LogP contribution is 2.07. The van der Waals surface area contributed by atoms with E-state index >= 15 is 0 Å². The van der Waals surface area contributed by atoms with Gasteiger partial charge in [-0.05, 0) is 33.6 Å². The van der Waals surface area contributed by atoms with Gasteiger partial charge in [-0.1, -0.05) is 11.6 Å². The summed E-state index contributed by atoms with van der Waals surface area (Å²) in [6.07, 6.45) is 5.28. The Balaban J connectivity index is 3.66. The van der Waals surface area contributed by atoms with Gasteiger partial charge in [0.05, 0.1) is 6.61 Å². The first kappa shape index (κ1) is 13.8. The summed E-state index contributed by atoms with van der Waals surface area (Å²) in [5, 5.41) is 0. The van der Waals surface area contributed by atoms with Crippen LogP contribution in [-0.2, 0) is 9.53 Å². The van der Waals surface area contributed by atoms with Crippen molar-refractivity contribution < 1.29 is 9.53 Å². The molecule has 0 aliphatic carbocycles. The number of carbonyl (C=O) groups is 1. The molecule has 0 unspecified atom stereocenters. The first-order valence-electron chi connectivity index (χ1n) is 5.41. The van der Waals surface area contributed by atoms with E-state index in [4.69, 9.17) is 4.74 Å². The molecule has 0 spiro atoms. The number of carbonyl (C=O) groups excluding carboxylic acids is 1. The lowest BCUT2D eigenvalue weighted by molar-refractivity contribution is -0.143. The van der Waals surface area contributed by atoms with E-state index in [-0.39, 0.29) is 5.97 Å². The van der Waals surface area contributed by atoms with Crippen molar-refractivity contribution in [1.82, 2.24) is 0 Å². The second-order valence-electron chi connectivity index (χ2n) is 3.32. The molecular formula is C13H20O2. The second-order valence-corrected chi connectivity index (χ2v) is 3.32. The molecule has 0 amide bonds. The standard InChI is InChI=1S/C13H20O2/c1-4-6-7-8-9-12(3)10-11-13(14)15-5-2/h9H,5,7-8,10-11H2,1-3H3. The minimum Gasteiger partial charge on any atom is -0.466 e. The van der Waals surface area contributed by atoms with E-state index < -0.39 is 0 Å². The second kappa shape index (κ2) is 9.33. The smallest absolute Gasteiger partial charge is 0.306 e. The first-order chi connectivity index (χ1) is 7.20. The molecule has 0 fully saturated rings. The molecular weight excluding hydrogens is 188 g/mol. The van der Waals surface area contributed by atoms with Gasteiger partial charge < -0.3 is 4.74 Å². The summed E-state index contributed by atoms with van der Waals surface area (Å²) in [6.45, 7) is 6.17. The van der Waals surface area contributed by atoms with Crippen molar-refractivity contribution in [2.24, 2.45) is 0 Å². The fraction of sp³-hybridized carbons (Fsp3) is 0.615. The summed E-state index contributed by atoms with van der Waals surface area (Å²) in [5.74, 6) is 5.75. The van der Waals surface area contributed by atoms with E-state index in [0.717, 1.165) is 19.3 Å². The number of hydrogen-bond acceptors (Lipinski definition) is 2. The summed E-state index contributed by atoms with van der Waals surface area (Å²) in [6, 6.07) is 0. The van der Waals surface area contributed by atoms with Crippen LogP contribution in [0.1, 0.15) is 46.5 Å². The monoisotopic (exact) mass is 208 g/mol. The largest absolute Gasteiger partial charge is 0.466 e. The molecule has 0 heterocycles. The molecule has 0 bridgehead atoms. The SMILES string of the molecule is CC#CCCC=C(C)CCC(=O)OCC. The Morgan fingerprint density at radius 1 is 1.40 bits per heavy atom. The maximum Gasteiger partial charge on any atom is 0.306 e. The van der Waals surface area contributed by atoms with E-state index in [2.05, 4.69) is 17.9 Å². The van der Waals surface area contributed by atoms with Crippen molar-refractivity contribution in [3.8, 4) is 11.8 Å². The summed E-state index contributed by atoms with van der Waals surface area (Å²) in [7, 11) is 0. The predicted octanol–water partition coefficient (Wildman–Crippen LogP) is 3.08. The van der Waals surface area contributed by atoms with Gasteiger partial charge in [0.15, 0.2) is 0 Å². The molecule has 15 heavy (non-hydrogen) atoms. The van der Waals surface area contributed by atoms with Crippen LogP contribution in [0.5, 0.6) is 0 Å². The number of ether oxygens (including phenoxy) is 1. The number of esters is 1. The van der Waals surface area contributed by atoms with Gasteiger partial charge in [-0.15, -0.1) is 11.8 Å². The van der Waals surface area contributed by atoms with E-state index in [1.807, 2.05) is 20.8 Å². The van der Waals surface area contributed by atoms with Crippen LogP contribution in [0.3, 0.4) is 0 Å². The van der Waals surface area contributed by atoms with Gasteiger partial charge in [-0.25, -0.2) is 0 Å². The normalized spacial score (nSPS) is 10.5. The average molecular weight is 208 g/mol. The minimum atomic E-state index is -0.112. The lowest BCUT2D eigenvalue weighted by Gasteiger charge is -2.01. The molecule has 2 nitrogen and oxygen atoms in total. The molecule has 2 heteroatoms. The number of allylic oxidation sites excluding steroid dienone is 2. The summed E-state index contributed by atoms with van der Waals surface area (Å²) in [5.41, 5.74) is 1.24. The third-order valence-corrected chi connectivity index (χ3v) is 1.97. The molecule has 0 aromatic rings. The van der Waals surface area contributed by atoms with Crippen LogP contribution in [0.4, 0.5) is 0 Å². The molecule has 0 saturated carbocycles. The molecule has 0 atom stereocenters. The number of rotatable bonds is 6. The topological polar surface area (TPSA) is 26.3 Å². The zero-order valence-corrected chi connectivity index (χ0v) is 9.93. The predicted molar refractivity (Wildman–Crippen MR) is 62.3 cm³/mol. The van der Waals surface area contributed by atoms with Crippen molar-refractivity contribution in [3.63, 3.8) is 0 Å². The highest BCUT2D eigenvalue weighted by atomic mass is 16.5. The molecule has 0 rings (SSSR count). The Morgan fingerprint density at radius 2 is 2.13 bits per heavy atom. The molecule has 84 valence electrons. The van der Waals surface area contributed by atoms with Crippen LogP contribution in [0.25, 0.3) is 0 Å². The van der Waals surface area contributed by atoms with Gasteiger partial charge in [0, 0.05) is 12.8 Å². The van der Waals surface area contributed by atoms with Crippen molar-refractivity contribution >= 4 is 5.97 Å². The Hall–Kier alpha value is -1.23. The van der Waals surface area contributed by atoms with Gasteiger partial charge in [0.1, 0.15) is 0 Å². The van der Waals surface area contributed by atoms with Crippen LogP contribution in [-0.4, -0.2) is 12.6 Å². The van der Waals surface area contributed by atoms with Crippen molar-refractivity contribution in [2.45, 2.75) is 46.5 Å². The third-order valence-electron chi connectivity index (χ3n) is 1.97. The Bertz CT molecular complexity index is 266. The molecule has 0 saturated heterocycles. The Morgan fingerprint density at radius 3 is 2.73 bits per heavy atom. The van der Waals surface area contributed by atoms with E-state index in [1.165, 1.54) is 5.57 Å². The van der Waals surface area contributed by atoms with Crippen molar-refractivity contribution in [1.29, 1.82) is 0 Å². The van der Waals surface area contributed by atoms with Gasteiger partial charge in [0.25, 0.3) is 0 Å². The minimum absolute atomic E-state index is 0.112. The molecule has 0 aromatic carbocycles. The zero-order valence-electron chi connectivity index (χ0n) is 9.93. The lowest BCUT2D eigenvalue weighted by atomic mass is 10.1. The average Bonchev–Trinajstić information content (AvgIpc) is 2.22. The number of hydrogen-bond donors (Lipinski definition) is 0. The van der Waals surface area contributed by atoms with Crippen molar-refractivity contribution in [2.75, 3.05) is 6.61 Å². The molecule has 0 aromatic heterocycles. The van der Waals surface area contributed by atoms with Gasteiger partial charge >= 0.3 is 5.97 Å². The quantitative estimate of drug-likeness (QED) is 0.290. The van der Waals surface area contributed by atoms with Crippen molar-refractivity contribution in [3.05, 3.63) is 11.6 Å². The fourth-order valence-electron chi connectivity index (χ4n) is 1.15. The Labute approximate surface area is 92.7 Å². The van der Waals surface area contributed by atoms with Gasteiger partial charge in [-0.3, -0.25) is 4.79 Å². The highest BCUT2D eigenvalue weighted by Gasteiger charge is 2.00. The number of unbranched alkanes of at least 4 members (excludes halogenated alkanes) is 1. The van der Waals surface area contributed by atoms with Gasteiger partial charge in [0.2, 0.25) is 0 Å². The van der Waals surface area contributed by atoms with E-state index in [9.17, 15) is 4.79 Å². The highest BCUT2D eigenvalue weighted by molar-refractivity contribution is 5.69. The summed E-state index contributed by atoms with van der Waals surface area (Å²) < 4.78 is 4.85.